The second-order valence-corrected chi connectivity index (χ2v) is 6.16. The Balaban J connectivity index is 2.48. The molecule has 7 heteroatoms. The summed E-state index contributed by atoms with van der Waals surface area (Å²) < 4.78 is 10.7. The van der Waals surface area contributed by atoms with Gasteiger partial charge in [-0.2, -0.15) is 11.8 Å². The number of hydrogen-bond donors (Lipinski definition) is 4. The molecule has 0 aromatic heterocycles. The van der Waals surface area contributed by atoms with E-state index in [9.17, 15) is 15.3 Å². The lowest BCUT2D eigenvalue weighted by Crippen LogP contribution is -2.66. The smallest absolute Gasteiger partial charge is 0.186 e. The van der Waals surface area contributed by atoms with Gasteiger partial charge in [0.05, 0.1) is 13.2 Å². The van der Waals surface area contributed by atoms with E-state index in [-0.39, 0.29) is 0 Å². The number of aliphatic hydroxyl groups is 4. The molecule has 19 heavy (non-hydrogen) atoms. The summed E-state index contributed by atoms with van der Waals surface area (Å²) in [6.07, 6.45) is -3.91. The van der Waals surface area contributed by atoms with Crippen LogP contribution in [0.5, 0.6) is 0 Å². The standard InChI is InChI=1S/C12H24O6S/c1-3-19-6-4-5-17-11-10(15)12(2,16)9(14)8(7-13)18-11/h8-11,13-16H,3-7H2,1-2H3/t8?,9-,10?,11+,12-/m1/s1. The minimum atomic E-state index is -1.77. The van der Waals surface area contributed by atoms with E-state index in [1.54, 1.807) is 11.8 Å². The SMILES string of the molecule is CCSCCCO[C@H]1OC(CO)[C@@H](O)[C@@](C)(O)C1O. The molecule has 0 spiro atoms. The third kappa shape index (κ3) is 4.29. The van der Waals surface area contributed by atoms with Gasteiger partial charge in [0.15, 0.2) is 6.29 Å². The Morgan fingerprint density at radius 3 is 2.58 bits per heavy atom. The Morgan fingerprint density at radius 1 is 1.32 bits per heavy atom. The zero-order valence-electron chi connectivity index (χ0n) is 11.4. The molecule has 0 bridgehead atoms. The minimum absolute atomic E-state index is 0.388. The van der Waals surface area contributed by atoms with Crippen LogP contribution in [-0.4, -0.2) is 75.3 Å². The molecular weight excluding hydrogens is 272 g/mol. The Morgan fingerprint density at radius 2 is 2.00 bits per heavy atom. The van der Waals surface area contributed by atoms with Crippen LogP contribution in [0.15, 0.2) is 0 Å². The van der Waals surface area contributed by atoms with Crippen LogP contribution in [-0.2, 0) is 9.47 Å². The van der Waals surface area contributed by atoms with Crippen molar-refractivity contribution in [1.82, 2.24) is 0 Å². The quantitative estimate of drug-likeness (QED) is 0.463. The molecule has 0 saturated carbocycles. The summed E-state index contributed by atoms with van der Waals surface area (Å²) in [6.45, 7) is 3.31. The van der Waals surface area contributed by atoms with Crippen molar-refractivity contribution < 1.29 is 29.9 Å². The lowest BCUT2D eigenvalue weighted by atomic mass is 9.86. The first-order chi connectivity index (χ1) is 8.95. The molecule has 0 aromatic carbocycles. The summed E-state index contributed by atoms with van der Waals surface area (Å²) in [7, 11) is 0. The van der Waals surface area contributed by atoms with E-state index in [4.69, 9.17) is 14.6 Å². The highest BCUT2D eigenvalue weighted by Crippen LogP contribution is 2.30. The maximum absolute atomic E-state index is 10.0. The van der Waals surface area contributed by atoms with Gasteiger partial charge in [0.25, 0.3) is 0 Å². The maximum atomic E-state index is 10.0. The normalized spacial score (nSPS) is 39.5. The molecular formula is C12H24O6S. The van der Waals surface area contributed by atoms with E-state index < -0.39 is 36.8 Å². The van der Waals surface area contributed by atoms with Crippen LogP contribution < -0.4 is 0 Å². The second kappa shape index (κ2) is 7.78. The summed E-state index contributed by atoms with van der Waals surface area (Å²) in [5.74, 6) is 1.98. The highest BCUT2D eigenvalue weighted by Gasteiger charge is 2.52. The molecule has 1 saturated heterocycles. The van der Waals surface area contributed by atoms with Gasteiger partial charge in [-0.3, -0.25) is 0 Å². The Bertz CT molecular complexity index is 263. The summed E-state index contributed by atoms with van der Waals surface area (Å²) in [4.78, 5) is 0. The lowest BCUT2D eigenvalue weighted by Gasteiger charge is -2.45. The van der Waals surface area contributed by atoms with Gasteiger partial charge in [-0.15, -0.1) is 0 Å². The molecule has 2 unspecified atom stereocenters. The molecule has 1 rings (SSSR count). The maximum Gasteiger partial charge on any atom is 0.186 e. The lowest BCUT2D eigenvalue weighted by molar-refractivity contribution is -0.328. The second-order valence-electron chi connectivity index (χ2n) is 4.76. The van der Waals surface area contributed by atoms with Gasteiger partial charge in [0.1, 0.15) is 23.9 Å². The first-order valence-corrected chi connectivity index (χ1v) is 7.64. The number of thioether (sulfide) groups is 1. The topological polar surface area (TPSA) is 99.4 Å². The van der Waals surface area contributed by atoms with Crippen molar-refractivity contribution in [3.05, 3.63) is 0 Å². The third-order valence-corrected chi connectivity index (χ3v) is 4.20. The molecule has 0 amide bonds. The summed E-state index contributed by atoms with van der Waals surface area (Å²) >= 11 is 1.79. The van der Waals surface area contributed by atoms with Crippen molar-refractivity contribution in [3.8, 4) is 0 Å². The zero-order valence-corrected chi connectivity index (χ0v) is 12.2. The van der Waals surface area contributed by atoms with Gasteiger partial charge in [-0.05, 0) is 24.9 Å². The van der Waals surface area contributed by atoms with Crippen LogP contribution in [0.1, 0.15) is 20.3 Å². The molecule has 5 atom stereocenters. The third-order valence-electron chi connectivity index (χ3n) is 3.22. The summed E-state index contributed by atoms with van der Waals surface area (Å²) in [6, 6.07) is 0. The predicted molar refractivity (Wildman–Crippen MR) is 72.0 cm³/mol. The molecule has 4 N–H and O–H groups in total. The van der Waals surface area contributed by atoms with Crippen LogP contribution in [0.2, 0.25) is 0 Å². The van der Waals surface area contributed by atoms with E-state index in [0.717, 1.165) is 17.9 Å². The molecule has 6 nitrogen and oxygen atoms in total. The van der Waals surface area contributed by atoms with Crippen LogP contribution in [0, 0.1) is 0 Å². The monoisotopic (exact) mass is 296 g/mol. The minimum Gasteiger partial charge on any atom is -0.394 e. The van der Waals surface area contributed by atoms with E-state index in [1.807, 2.05) is 0 Å². The molecule has 1 aliphatic heterocycles. The number of rotatable bonds is 7. The van der Waals surface area contributed by atoms with Gasteiger partial charge >= 0.3 is 0 Å². The van der Waals surface area contributed by atoms with E-state index in [0.29, 0.717) is 6.61 Å². The van der Waals surface area contributed by atoms with Crippen molar-refractivity contribution in [2.45, 2.75) is 50.5 Å². The first kappa shape index (κ1) is 17.2. The summed E-state index contributed by atoms with van der Waals surface area (Å²) in [5.41, 5.74) is -1.77. The molecule has 1 aliphatic rings. The van der Waals surface area contributed by atoms with E-state index >= 15 is 0 Å². The van der Waals surface area contributed by atoms with Crippen molar-refractivity contribution in [1.29, 1.82) is 0 Å². The van der Waals surface area contributed by atoms with Gasteiger partial charge in [0, 0.05) is 0 Å². The van der Waals surface area contributed by atoms with Crippen molar-refractivity contribution >= 4 is 11.8 Å². The average molecular weight is 296 g/mol. The number of hydrogen-bond acceptors (Lipinski definition) is 7. The Labute approximate surface area is 117 Å². The number of ether oxygens (including phenoxy) is 2. The van der Waals surface area contributed by atoms with Crippen molar-refractivity contribution in [3.63, 3.8) is 0 Å². The molecule has 1 heterocycles. The van der Waals surface area contributed by atoms with Crippen LogP contribution in [0.4, 0.5) is 0 Å². The summed E-state index contributed by atoms with van der Waals surface area (Å²) in [5, 5.41) is 38.9. The van der Waals surface area contributed by atoms with Gasteiger partial charge in [0.2, 0.25) is 0 Å². The fourth-order valence-electron chi connectivity index (χ4n) is 1.93. The van der Waals surface area contributed by atoms with E-state index in [1.165, 1.54) is 6.92 Å². The average Bonchev–Trinajstić information content (AvgIpc) is 2.39. The van der Waals surface area contributed by atoms with E-state index in [2.05, 4.69) is 6.92 Å². The highest BCUT2D eigenvalue weighted by molar-refractivity contribution is 7.99. The molecule has 114 valence electrons. The highest BCUT2D eigenvalue weighted by atomic mass is 32.2. The van der Waals surface area contributed by atoms with Crippen LogP contribution in [0.3, 0.4) is 0 Å². The first-order valence-electron chi connectivity index (χ1n) is 6.49. The fourth-order valence-corrected chi connectivity index (χ4v) is 2.54. The van der Waals surface area contributed by atoms with Crippen LogP contribution in [0.25, 0.3) is 0 Å². The predicted octanol–water partition coefficient (Wildman–Crippen LogP) is -0.664. The number of aliphatic hydroxyl groups excluding tert-OH is 3. The Kier molecular flexibility index (Phi) is 7.02. The molecule has 0 aromatic rings. The molecule has 0 aliphatic carbocycles. The fraction of sp³-hybridized carbons (Fsp3) is 1.00. The van der Waals surface area contributed by atoms with Crippen LogP contribution >= 0.6 is 11.8 Å². The molecule has 0 radical (unpaired) electrons. The largest absolute Gasteiger partial charge is 0.394 e. The van der Waals surface area contributed by atoms with Crippen molar-refractivity contribution in [2.24, 2.45) is 0 Å². The zero-order chi connectivity index (χ0) is 14.5. The van der Waals surface area contributed by atoms with Gasteiger partial charge in [-0.25, -0.2) is 0 Å². The van der Waals surface area contributed by atoms with Crippen molar-refractivity contribution in [2.75, 3.05) is 24.7 Å². The van der Waals surface area contributed by atoms with Gasteiger partial charge < -0.3 is 29.9 Å². The Hall–Kier alpha value is 0.110. The van der Waals surface area contributed by atoms with Gasteiger partial charge in [-0.1, -0.05) is 6.92 Å². The molecule has 1 fully saturated rings.